The van der Waals surface area contributed by atoms with Crippen molar-refractivity contribution in [2.75, 3.05) is 6.54 Å². The third kappa shape index (κ3) is 5.94. The summed E-state index contributed by atoms with van der Waals surface area (Å²) in [6.45, 7) is 0.559. The van der Waals surface area contributed by atoms with Gasteiger partial charge in [-0.2, -0.15) is 0 Å². The molecule has 0 aliphatic rings. The average Bonchev–Trinajstić information content (AvgIpc) is 1.30. The van der Waals surface area contributed by atoms with E-state index in [1.165, 1.54) is 0 Å². The van der Waals surface area contributed by atoms with Crippen molar-refractivity contribution in [3.05, 3.63) is 0 Å². The van der Waals surface area contributed by atoms with Crippen LogP contribution in [-0.4, -0.2) is 20.0 Å². The summed E-state index contributed by atoms with van der Waals surface area (Å²) in [5.41, 5.74) is 15.3. The molecule has 0 aromatic carbocycles. The van der Waals surface area contributed by atoms with Gasteiger partial charge in [0.1, 0.15) is 7.85 Å². The zero-order valence-corrected chi connectivity index (χ0v) is 4.65. The molecule has 4 heteroatoms. The zero-order chi connectivity index (χ0) is 5.91. The zero-order valence-electron chi connectivity index (χ0n) is 4.65. The van der Waals surface area contributed by atoms with Gasteiger partial charge in [0.25, 0.3) is 0 Å². The smallest absolute Gasteiger partial charge is 0.145 e. The summed E-state index contributed by atoms with van der Waals surface area (Å²) >= 11 is 0. The van der Waals surface area contributed by atoms with Crippen LogP contribution < -0.4 is 17.2 Å². The van der Waals surface area contributed by atoms with Crippen LogP contribution in [0.25, 0.3) is 0 Å². The Balaban J connectivity index is 3.15. The summed E-state index contributed by atoms with van der Waals surface area (Å²) in [6.07, 6.45) is 0.674. The van der Waals surface area contributed by atoms with E-state index in [9.17, 15) is 0 Å². The number of rotatable bonds is 2. The molecule has 3 nitrogen and oxygen atoms in total. The second-order valence-electron chi connectivity index (χ2n) is 2.04. The van der Waals surface area contributed by atoms with Gasteiger partial charge in [-0.15, -0.1) is 0 Å². The Labute approximate surface area is 44.6 Å². The quantitative estimate of drug-likeness (QED) is 0.266. The fourth-order valence-electron chi connectivity index (χ4n) is 0.311. The summed E-state index contributed by atoms with van der Waals surface area (Å²) in [5, 5.41) is 0. The maximum Gasteiger partial charge on any atom is 0.145 e. The minimum absolute atomic E-state index is 0.559. The fraction of sp³-hybridized carbons (Fsp3) is 1.00. The van der Waals surface area contributed by atoms with Gasteiger partial charge >= 0.3 is 0 Å². The van der Waals surface area contributed by atoms with Gasteiger partial charge in [-0.3, -0.25) is 0 Å². The molecule has 0 aliphatic carbocycles. The van der Waals surface area contributed by atoms with Gasteiger partial charge in [0.05, 0.1) is 0 Å². The van der Waals surface area contributed by atoms with E-state index in [0.717, 1.165) is 0 Å². The van der Waals surface area contributed by atoms with Crippen LogP contribution in [0.4, 0.5) is 0 Å². The Hall–Kier alpha value is -0.0551. The van der Waals surface area contributed by atoms with Crippen molar-refractivity contribution in [3.8, 4) is 0 Å². The van der Waals surface area contributed by atoms with Crippen LogP contribution in [0.15, 0.2) is 0 Å². The molecule has 0 saturated carbocycles. The predicted octanol–water partition coefficient (Wildman–Crippen LogP) is -2.46. The lowest BCUT2D eigenvalue weighted by molar-refractivity contribution is 0.579. The molecule has 0 aliphatic heterocycles. The second-order valence-corrected chi connectivity index (χ2v) is 2.04. The summed E-state index contributed by atoms with van der Waals surface area (Å²) in [6, 6.07) is 0. The summed E-state index contributed by atoms with van der Waals surface area (Å²) in [4.78, 5) is 0. The normalized spacial score (nSPS) is 11.9. The van der Waals surface area contributed by atoms with Gasteiger partial charge in [-0.05, 0) is 13.0 Å². The number of hydrogen-bond donors (Lipinski definition) is 3. The molecule has 0 atom stereocenters. The van der Waals surface area contributed by atoms with Crippen molar-refractivity contribution in [1.29, 1.82) is 0 Å². The van der Waals surface area contributed by atoms with Crippen molar-refractivity contribution in [2.24, 2.45) is 17.2 Å². The summed E-state index contributed by atoms with van der Waals surface area (Å²) in [5.74, 6) is 0. The number of nitrogens with two attached hydrogens (primary N) is 3. The van der Waals surface area contributed by atoms with Gasteiger partial charge in [-0.25, -0.2) is 0 Å². The Morgan fingerprint density at radius 3 is 1.86 bits per heavy atom. The van der Waals surface area contributed by atoms with Crippen LogP contribution in [0.5, 0.6) is 0 Å². The van der Waals surface area contributed by atoms with Crippen LogP contribution in [-0.2, 0) is 0 Å². The lowest BCUT2D eigenvalue weighted by Crippen LogP contribution is -2.51. The van der Waals surface area contributed by atoms with Crippen molar-refractivity contribution in [3.63, 3.8) is 0 Å². The van der Waals surface area contributed by atoms with Gasteiger partial charge in [0, 0.05) is 5.56 Å². The van der Waals surface area contributed by atoms with Crippen molar-refractivity contribution in [1.82, 2.24) is 0 Å². The van der Waals surface area contributed by atoms with E-state index in [1.54, 1.807) is 7.85 Å². The third-order valence-corrected chi connectivity index (χ3v) is 0.683. The topological polar surface area (TPSA) is 78.1 Å². The highest BCUT2D eigenvalue weighted by Gasteiger charge is 2.07. The molecule has 6 N–H and O–H groups in total. The van der Waals surface area contributed by atoms with E-state index in [-0.39, 0.29) is 0 Å². The highest BCUT2D eigenvalue weighted by Crippen LogP contribution is 1.85. The molecule has 0 bridgehead atoms. The molecule has 0 radical (unpaired) electrons. The average molecular weight is 101 g/mol. The molecule has 0 amide bonds. The van der Waals surface area contributed by atoms with Crippen LogP contribution in [0.1, 0.15) is 6.42 Å². The predicted molar refractivity (Wildman–Crippen MR) is 33.3 cm³/mol. The van der Waals surface area contributed by atoms with Crippen LogP contribution in [0.2, 0.25) is 0 Å². The molecule has 0 spiro atoms. The van der Waals surface area contributed by atoms with Crippen molar-refractivity contribution < 1.29 is 0 Å². The molecular weight excluding hydrogens is 88.9 g/mol. The molecule has 0 heterocycles. The first kappa shape index (κ1) is 6.94. The second kappa shape index (κ2) is 2.30. The molecular formula is C3H12BN3. The minimum Gasteiger partial charge on any atom is -0.330 e. The van der Waals surface area contributed by atoms with E-state index in [2.05, 4.69) is 0 Å². The lowest BCUT2D eigenvalue weighted by Gasteiger charge is -2.15. The van der Waals surface area contributed by atoms with Gasteiger partial charge in [0.15, 0.2) is 0 Å². The van der Waals surface area contributed by atoms with Crippen LogP contribution in [0, 0.1) is 0 Å². The molecule has 0 rings (SSSR count). The SMILES string of the molecule is BC(N)(N)CCN. The number of hydrogen-bond acceptors (Lipinski definition) is 3. The molecule has 0 fully saturated rings. The van der Waals surface area contributed by atoms with E-state index in [0.29, 0.717) is 13.0 Å². The fourth-order valence-corrected chi connectivity index (χ4v) is 0.311. The molecule has 0 aromatic rings. The Morgan fingerprint density at radius 1 is 1.43 bits per heavy atom. The maximum absolute atomic E-state index is 5.34. The largest absolute Gasteiger partial charge is 0.330 e. The molecule has 7 heavy (non-hydrogen) atoms. The maximum atomic E-state index is 5.34. The first-order valence-corrected chi connectivity index (χ1v) is 2.34. The highest BCUT2D eigenvalue weighted by molar-refractivity contribution is 6.14. The first-order valence-electron chi connectivity index (χ1n) is 2.34. The highest BCUT2D eigenvalue weighted by atomic mass is 14.9. The van der Waals surface area contributed by atoms with Crippen molar-refractivity contribution in [2.45, 2.75) is 12.0 Å². The van der Waals surface area contributed by atoms with E-state index >= 15 is 0 Å². The van der Waals surface area contributed by atoms with Gasteiger partial charge in [-0.1, -0.05) is 0 Å². The van der Waals surface area contributed by atoms with Gasteiger partial charge < -0.3 is 17.2 Å². The van der Waals surface area contributed by atoms with E-state index in [1.807, 2.05) is 0 Å². The standard InChI is InChI=1S/C3H12BN3/c4-3(6,7)1-2-5/h1-2,4-7H2. The summed E-state index contributed by atoms with van der Waals surface area (Å²) < 4.78 is 0. The lowest BCUT2D eigenvalue weighted by atomic mass is 9.86. The molecule has 42 valence electrons. The van der Waals surface area contributed by atoms with Crippen LogP contribution in [0.3, 0.4) is 0 Å². The third-order valence-electron chi connectivity index (χ3n) is 0.683. The Kier molecular flexibility index (Phi) is 2.28. The summed E-state index contributed by atoms with van der Waals surface area (Å²) in [7, 11) is 1.75. The molecule has 0 aromatic heterocycles. The molecule has 0 saturated heterocycles. The van der Waals surface area contributed by atoms with Crippen LogP contribution >= 0.6 is 0 Å². The van der Waals surface area contributed by atoms with E-state index in [4.69, 9.17) is 17.2 Å². The van der Waals surface area contributed by atoms with Gasteiger partial charge in [0.2, 0.25) is 0 Å². The van der Waals surface area contributed by atoms with E-state index < -0.39 is 5.56 Å². The first-order chi connectivity index (χ1) is 3.06. The Morgan fingerprint density at radius 2 is 1.86 bits per heavy atom. The van der Waals surface area contributed by atoms with Crippen molar-refractivity contribution >= 4 is 7.85 Å². The monoisotopic (exact) mass is 101 g/mol. The molecule has 0 unspecified atom stereocenters. The Bertz CT molecular complexity index is 48.6. The minimum atomic E-state index is -0.575.